The van der Waals surface area contributed by atoms with Gasteiger partial charge in [-0.1, -0.05) is 23.5 Å². The van der Waals surface area contributed by atoms with E-state index in [2.05, 4.69) is 20.4 Å². The van der Waals surface area contributed by atoms with Crippen LogP contribution in [-0.4, -0.2) is 52.2 Å². The zero-order valence-electron chi connectivity index (χ0n) is 15.2. The molecule has 0 atom stereocenters. The van der Waals surface area contributed by atoms with Crippen LogP contribution in [0.25, 0.3) is 0 Å². The maximum absolute atomic E-state index is 13.3. The highest BCUT2D eigenvalue weighted by Crippen LogP contribution is 2.20. The number of urea groups is 1. The number of aromatic nitrogens is 2. The number of nitrogens with one attached hydrogen (secondary N) is 1. The summed E-state index contributed by atoms with van der Waals surface area (Å²) in [7, 11) is 0. The fourth-order valence-electron chi connectivity index (χ4n) is 3.10. The Morgan fingerprint density at radius 3 is 2.79 bits per heavy atom. The van der Waals surface area contributed by atoms with Crippen molar-refractivity contribution in [2.75, 3.05) is 31.5 Å². The first-order chi connectivity index (χ1) is 13.7. The first kappa shape index (κ1) is 18.6. The molecule has 7 nitrogen and oxygen atoms in total. The summed E-state index contributed by atoms with van der Waals surface area (Å²) >= 11 is 1.30. The Hall–Kier alpha value is -2.78. The number of benzene rings is 1. The molecule has 4 rings (SSSR count). The number of nitrogens with zero attached hydrogens (tertiary/aromatic N) is 4. The van der Waals surface area contributed by atoms with Crippen molar-refractivity contribution >= 4 is 22.5 Å². The van der Waals surface area contributed by atoms with Gasteiger partial charge in [-0.05, 0) is 29.8 Å². The van der Waals surface area contributed by atoms with Gasteiger partial charge in [-0.25, -0.2) is 9.18 Å². The van der Waals surface area contributed by atoms with E-state index < -0.39 is 0 Å². The summed E-state index contributed by atoms with van der Waals surface area (Å²) in [5, 5.41) is 12.1. The van der Waals surface area contributed by atoms with Crippen molar-refractivity contribution in [3.63, 3.8) is 0 Å². The first-order valence-electron chi connectivity index (χ1n) is 9.03. The lowest BCUT2D eigenvalue weighted by atomic mass is 10.1. The second-order valence-corrected chi connectivity index (χ2v) is 7.64. The molecule has 28 heavy (non-hydrogen) atoms. The molecule has 1 saturated heterocycles. The van der Waals surface area contributed by atoms with E-state index in [4.69, 9.17) is 4.42 Å². The van der Waals surface area contributed by atoms with Crippen LogP contribution in [0, 0.1) is 5.82 Å². The average Bonchev–Trinajstić information content (AvgIpc) is 3.34. The zero-order chi connectivity index (χ0) is 19.3. The molecule has 0 saturated carbocycles. The minimum atomic E-state index is -0.276. The number of carbonyl (C=O) groups is 1. The second-order valence-electron chi connectivity index (χ2n) is 6.58. The molecule has 2 aromatic heterocycles. The summed E-state index contributed by atoms with van der Waals surface area (Å²) in [5.41, 5.74) is 0.821. The Morgan fingerprint density at radius 2 is 2.04 bits per heavy atom. The third-order valence-electron chi connectivity index (χ3n) is 4.54. The Morgan fingerprint density at radius 1 is 1.18 bits per heavy atom. The predicted octanol–water partition coefficient (Wildman–Crippen LogP) is 3.21. The predicted molar refractivity (Wildman–Crippen MR) is 104 cm³/mol. The van der Waals surface area contributed by atoms with Crippen LogP contribution < -0.4 is 5.32 Å². The fraction of sp³-hybridized carbons (Fsp3) is 0.316. The summed E-state index contributed by atoms with van der Waals surface area (Å²) in [5.74, 6) is 0.652. The van der Waals surface area contributed by atoms with E-state index in [1.54, 1.807) is 17.2 Å². The van der Waals surface area contributed by atoms with Crippen molar-refractivity contribution in [2.45, 2.75) is 13.0 Å². The molecule has 9 heteroatoms. The number of piperazine rings is 1. The van der Waals surface area contributed by atoms with Gasteiger partial charge in [0.15, 0.2) is 0 Å². The van der Waals surface area contributed by atoms with Crippen LogP contribution in [0.2, 0.25) is 0 Å². The molecule has 0 bridgehead atoms. The molecular weight excluding hydrogens is 381 g/mol. The first-order valence-corrected chi connectivity index (χ1v) is 9.85. The second kappa shape index (κ2) is 8.49. The number of anilines is 1. The van der Waals surface area contributed by atoms with E-state index in [-0.39, 0.29) is 11.8 Å². The third-order valence-corrected chi connectivity index (χ3v) is 5.38. The van der Waals surface area contributed by atoms with Crippen LogP contribution in [0.4, 0.5) is 14.3 Å². The molecule has 1 aromatic carbocycles. The molecule has 0 spiro atoms. The molecule has 146 valence electrons. The number of halogens is 1. The van der Waals surface area contributed by atoms with Gasteiger partial charge in [-0.15, -0.1) is 10.2 Å². The van der Waals surface area contributed by atoms with Crippen LogP contribution in [0.1, 0.15) is 16.3 Å². The Bertz CT molecular complexity index is 922. The maximum atomic E-state index is 13.3. The van der Waals surface area contributed by atoms with Crippen molar-refractivity contribution in [3.8, 4) is 0 Å². The van der Waals surface area contributed by atoms with Gasteiger partial charge in [0.25, 0.3) is 0 Å². The van der Waals surface area contributed by atoms with Crippen molar-refractivity contribution in [2.24, 2.45) is 0 Å². The number of furan rings is 1. The molecule has 1 aliphatic rings. The minimum Gasteiger partial charge on any atom is -0.468 e. The molecular formula is C19H20FN5O2S. The van der Waals surface area contributed by atoms with Crippen molar-refractivity contribution < 1.29 is 13.6 Å². The summed E-state index contributed by atoms with van der Waals surface area (Å²) < 4.78 is 18.7. The maximum Gasteiger partial charge on any atom is 0.323 e. The summed E-state index contributed by atoms with van der Waals surface area (Å²) in [6.45, 7) is 3.61. The lowest BCUT2D eigenvalue weighted by molar-refractivity contribution is 0.137. The van der Waals surface area contributed by atoms with Gasteiger partial charge < -0.3 is 9.32 Å². The van der Waals surface area contributed by atoms with Gasteiger partial charge in [0, 0.05) is 32.6 Å². The third kappa shape index (κ3) is 4.73. The van der Waals surface area contributed by atoms with Crippen molar-refractivity contribution in [1.29, 1.82) is 0 Å². The Kier molecular flexibility index (Phi) is 5.63. The van der Waals surface area contributed by atoms with Gasteiger partial charge in [-0.3, -0.25) is 10.2 Å². The van der Waals surface area contributed by atoms with Gasteiger partial charge >= 0.3 is 6.03 Å². The highest BCUT2D eigenvalue weighted by molar-refractivity contribution is 7.15. The molecule has 1 fully saturated rings. The quantitative estimate of drug-likeness (QED) is 0.711. The van der Waals surface area contributed by atoms with Gasteiger partial charge in [0.2, 0.25) is 5.13 Å². The summed E-state index contributed by atoms with van der Waals surface area (Å²) in [4.78, 5) is 16.5. The van der Waals surface area contributed by atoms with Crippen LogP contribution in [0.5, 0.6) is 0 Å². The number of hydrogen-bond donors (Lipinski definition) is 1. The van der Waals surface area contributed by atoms with Gasteiger partial charge in [0.05, 0.1) is 12.8 Å². The lowest BCUT2D eigenvalue weighted by Gasteiger charge is -2.33. The Balaban J connectivity index is 1.27. The largest absolute Gasteiger partial charge is 0.468 e. The van der Waals surface area contributed by atoms with E-state index in [0.717, 1.165) is 36.0 Å². The lowest BCUT2D eigenvalue weighted by Crippen LogP contribution is -2.49. The molecule has 3 aromatic rings. The monoisotopic (exact) mass is 401 g/mol. The molecule has 2 amide bonds. The number of rotatable bonds is 5. The number of hydrogen-bond acceptors (Lipinski definition) is 6. The highest BCUT2D eigenvalue weighted by Gasteiger charge is 2.22. The van der Waals surface area contributed by atoms with E-state index in [9.17, 15) is 9.18 Å². The highest BCUT2D eigenvalue weighted by atomic mass is 32.1. The van der Waals surface area contributed by atoms with Crippen LogP contribution >= 0.6 is 11.3 Å². The van der Waals surface area contributed by atoms with E-state index >= 15 is 0 Å². The summed E-state index contributed by atoms with van der Waals surface area (Å²) in [6.07, 6.45) is 2.15. The molecule has 0 aliphatic carbocycles. The molecule has 3 heterocycles. The summed E-state index contributed by atoms with van der Waals surface area (Å²) in [6, 6.07) is 10.0. The normalized spacial score (nSPS) is 15.0. The number of carbonyl (C=O) groups excluding carboxylic acids is 1. The smallest absolute Gasteiger partial charge is 0.323 e. The molecule has 0 unspecified atom stereocenters. The van der Waals surface area contributed by atoms with E-state index in [1.165, 1.54) is 23.5 Å². The topological polar surface area (TPSA) is 74.5 Å². The van der Waals surface area contributed by atoms with Gasteiger partial charge in [-0.2, -0.15) is 0 Å². The number of amides is 2. The average molecular weight is 401 g/mol. The minimum absolute atomic E-state index is 0.175. The van der Waals surface area contributed by atoms with Crippen LogP contribution in [0.15, 0.2) is 47.1 Å². The molecule has 1 N–H and O–H groups in total. The van der Waals surface area contributed by atoms with Crippen LogP contribution in [-0.2, 0) is 13.0 Å². The molecule has 1 aliphatic heterocycles. The standard InChI is InChI=1S/C19H20FN5O2S/c20-15-4-1-3-14(11-15)12-17-22-23-18(28-17)21-19(26)25-8-6-24(7-9-25)13-16-5-2-10-27-16/h1-5,10-11H,6-9,12-13H2,(H,21,23,26). The van der Waals surface area contributed by atoms with E-state index in [1.807, 2.05) is 18.2 Å². The Labute approximate surface area is 165 Å². The van der Waals surface area contributed by atoms with Crippen molar-refractivity contribution in [1.82, 2.24) is 20.0 Å². The molecule has 0 radical (unpaired) electrons. The fourth-order valence-corrected chi connectivity index (χ4v) is 3.86. The zero-order valence-corrected chi connectivity index (χ0v) is 16.0. The van der Waals surface area contributed by atoms with Crippen molar-refractivity contribution in [3.05, 3.63) is 64.8 Å². The SMILES string of the molecule is O=C(Nc1nnc(Cc2cccc(F)c2)s1)N1CCN(Cc2ccco2)CC1. The van der Waals surface area contributed by atoms with Crippen LogP contribution in [0.3, 0.4) is 0 Å². The van der Waals surface area contributed by atoms with E-state index in [0.29, 0.717) is 24.6 Å². The van der Waals surface area contributed by atoms with Gasteiger partial charge in [0.1, 0.15) is 16.6 Å².